The molecule has 0 aromatic heterocycles. The van der Waals surface area contributed by atoms with Crippen molar-refractivity contribution in [2.24, 2.45) is 0 Å². The van der Waals surface area contributed by atoms with E-state index in [0.717, 1.165) is 0 Å². The summed E-state index contributed by atoms with van der Waals surface area (Å²) in [7, 11) is 0. The Bertz CT molecular complexity index is 412. The summed E-state index contributed by atoms with van der Waals surface area (Å²) < 4.78 is 0. The van der Waals surface area contributed by atoms with E-state index in [1.165, 1.54) is 0 Å². The highest BCUT2D eigenvalue weighted by Crippen LogP contribution is 2.20. The fourth-order valence-electron chi connectivity index (χ4n) is 1.37. The Balaban J connectivity index is 2.70. The van der Waals surface area contributed by atoms with Crippen molar-refractivity contribution in [1.29, 1.82) is 0 Å². The molecule has 0 aliphatic rings. The highest BCUT2D eigenvalue weighted by atomic mass is 35.5. The summed E-state index contributed by atoms with van der Waals surface area (Å²) in [4.78, 5) is 11.6. The molecule has 1 aromatic rings. The minimum absolute atomic E-state index is 0.216. The maximum absolute atomic E-state index is 11.6. The molecular formula is C12H17ClN2O3. The lowest BCUT2D eigenvalue weighted by Gasteiger charge is -2.11. The van der Waals surface area contributed by atoms with Crippen molar-refractivity contribution >= 4 is 23.2 Å². The number of amides is 1. The summed E-state index contributed by atoms with van der Waals surface area (Å²) in [5, 5.41) is 23.8. The van der Waals surface area contributed by atoms with Crippen molar-refractivity contribution in [2.75, 3.05) is 25.0 Å². The zero-order valence-corrected chi connectivity index (χ0v) is 10.9. The van der Waals surface area contributed by atoms with Crippen molar-refractivity contribution < 1.29 is 15.0 Å². The first kappa shape index (κ1) is 14.8. The molecule has 5 nitrogen and oxygen atoms in total. The van der Waals surface area contributed by atoms with Crippen molar-refractivity contribution in [1.82, 2.24) is 5.32 Å². The van der Waals surface area contributed by atoms with Crippen LogP contribution in [0.15, 0.2) is 18.2 Å². The molecule has 6 heteroatoms. The molecule has 0 saturated carbocycles. The zero-order chi connectivity index (χ0) is 13.5. The summed E-state index contributed by atoms with van der Waals surface area (Å²) in [6, 6.07) is 4.91. The van der Waals surface area contributed by atoms with Crippen LogP contribution in [0.5, 0.6) is 0 Å². The molecule has 1 amide bonds. The lowest BCUT2D eigenvalue weighted by molar-refractivity contribution is 0.0956. The maximum atomic E-state index is 11.6. The van der Waals surface area contributed by atoms with Crippen LogP contribution in [0.3, 0.4) is 0 Å². The topological polar surface area (TPSA) is 81.6 Å². The third-order valence-electron chi connectivity index (χ3n) is 2.30. The largest absolute Gasteiger partial charge is 0.394 e. The van der Waals surface area contributed by atoms with Gasteiger partial charge in [0, 0.05) is 18.8 Å². The second-order valence-electron chi connectivity index (χ2n) is 3.77. The van der Waals surface area contributed by atoms with E-state index in [0.29, 0.717) is 22.8 Å². The van der Waals surface area contributed by atoms with E-state index in [1.54, 1.807) is 18.2 Å². The number of hydrogen-bond donors (Lipinski definition) is 4. The van der Waals surface area contributed by atoms with Gasteiger partial charge in [0.1, 0.15) is 0 Å². The molecule has 4 N–H and O–H groups in total. The molecule has 0 bridgehead atoms. The van der Waals surface area contributed by atoms with Gasteiger partial charge >= 0.3 is 0 Å². The lowest BCUT2D eigenvalue weighted by Crippen LogP contribution is -2.24. The fourth-order valence-corrected chi connectivity index (χ4v) is 1.63. The number of carbonyl (C=O) groups is 1. The van der Waals surface area contributed by atoms with Gasteiger partial charge in [0.25, 0.3) is 5.91 Å². The molecule has 0 aliphatic heterocycles. The van der Waals surface area contributed by atoms with E-state index >= 15 is 0 Å². The molecule has 1 unspecified atom stereocenters. The standard InChI is InChI=1S/C12H17ClN2O3/c1-2-14-12(18)10-4-3-8(5-11(10)13)15-6-9(17)7-16/h3-5,9,15-17H,2,6-7H2,1H3,(H,14,18). The molecule has 100 valence electrons. The van der Waals surface area contributed by atoms with Crippen molar-refractivity contribution in [2.45, 2.75) is 13.0 Å². The minimum Gasteiger partial charge on any atom is -0.394 e. The SMILES string of the molecule is CCNC(=O)c1ccc(NCC(O)CO)cc1Cl. The van der Waals surface area contributed by atoms with Gasteiger partial charge < -0.3 is 20.8 Å². The van der Waals surface area contributed by atoms with E-state index in [2.05, 4.69) is 10.6 Å². The smallest absolute Gasteiger partial charge is 0.252 e. The zero-order valence-electron chi connectivity index (χ0n) is 10.1. The molecule has 0 radical (unpaired) electrons. The normalized spacial score (nSPS) is 12.0. The Morgan fingerprint density at radius 2 is 2.22 bits per heavy atom. The average molecular weight is 273 g/mol. The Morgan fingerprint density at radius 1 is 1.50 bits per heavy atom. The number of aliphatic hydroxyl groups excluding tert-OH is 2. The van der Waals surface area contributed by atoms with Crippen LogP contribution in [0.2, 0.25) is 5.02 Å². The van der Waals surface area contributed by atoms with Gasteiger partial charge in [-0.3, -0.25) is 4.79 Å². The van der Waals surface area contributed by atoms with Crippen molar-refractivity contribution in [3.05, 3.63) is 28.8 Å². The highest BCUT2D eigenvalue weighted by Gasteiger charge is 2.10. The number of carbonyl (C=O) groups excluding carboxylic acids is 1. The summed E-state index contributed by atoms with van der Waals surface area (Å²) in [5.74, 6) is -0.218. The Morgan fingerprint density at radius 3 is 2.78 bits per heavy atom. The van der Waals surface area contributed by atoms with Crippen LogP contribution in [0.25, 0.3) is 0 Å². The van der Waals surface area contributed by atoms with Gasteiger partial charge in [-0.25, -0.2) is 0 Å². The Hall–Kier alpha value is -1.30. The second kappa shape index (κ2) is 7.20. The molecule has 18 heavy (non-hydrogen) atoms. The molecule has 0 saturated heterocycles. The fraction of sp³-hybridized carbons (Fsp3) is 0.417. The van der Waals surface area contributed by atoms with E-state index in [4.69, 9.17) is 16.7 Å². The Labute approximate surface area is 111 Å². The van der Waals surface area contributed by atoms with Gasteiger partial charge in [-0.15, -0.1) is 0 Å². The number of nitrogens with one attached hydrogen (secondary N) is 2. The highest BCUT2D eigenvalue weighted by molar-refractivity contribution is 6.34. The molecular weight excluding hydrogens is 256 g/mol. The molecule has 0 fully saturated rings. The first-order valence-electron chi connectivity index (χ1n) is 5.69. The number of benzene rings is 1. The quantitative estimate of drug-likeness (QED) is 0.619. The number of hydrogen-bond acceptors (Lipinski definition) is 4. The molecule has 1 aromatic carbocycles. The van der Waals surface area contributed by atoms with Gasteiger partial charge in [-0.05, 0) is 25.1 Å². The van der Waals surface area contributed by atoms with E-state index in [-0.39, 0.29) is 19.1 Å². The molecule has 1 atom stereocenters. The summed E-state index contributed by atoms with van der Waals surface area (Å²) in [6.45, 7) is 2.28. The number of anilines is 1. The van der Waals surface area contributed by atoms with Crippen LogP contribution in [-0.4, -0.2) is 41.9 Å². The number of aliphatic hydroxyl groups is 2. The van der Waals surface area contributed by atoms with Gasteiger partial charge in [0.2, 0.25) is 0 Å². The van der Waals surface area contributed by atoms with Gasteiger partial charge in [0.05, 0.1) is 23.3 Å². The minimum atomic E-state index is -0.827. The van der Waals surface area contributed by atoms with Crippen LogP contribution in [0.1, 0.15) is 17.3 Å². The summed E-state index contributed by atoms with van der Waals surface area (Å²) >= 11 is 6.00. The monoisotopic (exact) mass is 272 g/mol. The van der Waals surface area contributed by atoms with Gasteiger partial charge in [0.15, 0.2) is 0 Å². The van der Waals surface area contributed by atoms with E-state index in [1.807, 2.05) is 6.92 Å². The van der Waals surface area contributed by atoms with Gasteiger partial charge in [-0.1, -0.05) is 11.6 Å². The van der Waals surface area contributed by atoms with Gasteiger partial charge in [-0.2, -0.15) is 0 Å². The summed E-state index contributed by atoms with van der Waals surface area (Å²) in [6.07, 6.45) is -0.827. The van der Waals surface area contributed by atoms with Crippen molar-refractivity contribution in [3.63, 3.8) is 0 Å². The molecule has 1 rings (SSSR count). The van der Waals surface area contributed by atoms with E-state index < -0.39 is 6.10 Å². The van der Waals surface area contributed by atoms with Crippen LogP contribution in [-0.2, 0) is 0 Å². The number of rotatable bonds is 6. The van der Waals surface area contributed by atoms with Crippen LogP contribution < -0.4 is 10.6 Å². The third kappa shape index (κ3) is 4.18. The van der Waals surface area contributed by atoms with Crippen LogP contribution >= 0.6 is 11.6 Å². The van der Waals surface area contributed by atoms with Crippen LogP contribution in [0, 0.1) is 0 Å². The first-order chi connectivity index (χ1) is 8.58. The molecule has 0 spiro atoms. The maximum Gasteiger partial charge on any atom is 0.252 e. The average Bonchev–Trinajstić information content (AvgIpc) is 2.36. The predicted octanol–water partition coefficient (Wildman–Crippen LogP) is 0.855. The van der Waals surface area contributed by atoms with E-state index in [9.17, 15) is 9.90 Å². The molecule has 0 heterocycles. The predicted molar refractivity (Wildman–Crippen MR) is 71.0 cm³/mol. The van der Waals surface area contributed by atoms with Crippen LogP contribution in [0.4, 0.5) is 5.69 Å². The lowest BCUT2D eigenvalue weighted by atomic mass is 10.2. The number of halogens is 1. The third-order valence-corrected chi connectivity index (χ3v) is 2.62. The first-order valence-corrected chi connectivity index (χ1v) is 6.06. The molecule has 0 aliphatic carbocycles. The van der Waals surface area contributed by atoms with Crippen molar-refractivity contribution in [3.8, 4) is 0 Å². The summed E-state index contributed by atoms with van der Waals surface area (Å²) in [5.41, 5.74) is 1.09. The Kier molecular flexibility index (Phi) is 5.91. The second-order valence-corrected chi connectivity index (χ2v) is 4.18.